The molecule has 0 aliphatic rings. The minimum absolute atomic E-state index is 0.389. The summed E-state index contributed by atoms with van der Waals surface area (Å²) in [5, 5.41) is 0. The first-order chi connectivity index (χ1) is 8.51. The van der Waals surface area contributed by atoms with Crippen molar-refractivity contribution in [2.45, 2.75) is 26.8 Å². The molecule has 3 heteroatoms. The van der Waals surface area contributed by atoms with Crippen LogP contribution in [0.1, 0.15) is 20.8 Å². The van der Waals surface area contributed by atoms with E-state index < -0.39 is 0 Å². The monoisotopic (exact) mass is 248 g/mol. The Bertz CT molecular complexity index is 376. The molecule has 0 atom stereocenters. The van der Waals surface area contributed by atoms with Crippen LogP contribution in [-0.4, -0.2) is 31.8 Å². The lowest BCUT2D eigenvalue weighted by Gasteiger charge is -2.20. The Morgan fingerprint density at radius 3 is 2.33 bits per heavy atom. The number of rotatable bonds is 7. The van der Waals surface area contributed by atoms with E-state index >= 15 is 0 Å². The third-order valence-electron chi connectivity index (χ3n) is 2.59. The molecule has 0 saturated heterocycles. The van der Waals surface area contributed by atoms with Gasteiger partial charge in [0.2, 0.25) is 0 Å². The van der Waals surface area contributed by atoms with Gasteiger partial charge in [-0.3, -0.25) is 4.99 Å². The average Bonchev–Trinajstić information content (AvgIpc) is 2.36. The van der Waals surface area contributed by atoms with Crippen molar-refractivity contribution < 1.29 is 4.74 Å². The summed E-state index contributed by atoms with van der Waals surface area (Å²) in [6.45, 7) is 13.6. The van der Waals surface area contributed by atoms with Crippen molar-refractivity contribution in [2.24, 2.45) is 4.99 Å². The molecular weight excluding hydrogens is 224 g/mol. The van der Waals surface area contributed by atoms with E-state index in [0.29, 0.717) is 6.04 Å². The largest absolute Gasteiger partial charge is 0.496 e. The smallest absolute Gasteiger partial charge is 0.127 e. The number of nitrogens with zero attached hydrogens (tertiary/aromatic N) is 2. The van der Waals surface area contributed by atoms with Gasteiger partial charge in [0, 0.05) is 24.9 Å². The predicted octanol–water partition coefficient (Wildman–Crippen LogP) is 3.53. The first-order valence-electron chi connectivity index (χ1n) is 5.96. The lowest BCUT2D eigenvalue weighted by atomic mass is 10.1. The van der Waals surface area contributed by atoms with E-state index in [0.717, 1.165) is 17.0 Å². The second kappa shape index (κ2) is 8.34. The molecule has 0 fully saturated rings. The number of hydrogen-bond donors (Lipinski definition) is 0. The number of methoxy groups -OCH3 is 1. The molecule has 0 bridgehead atoms. The normalized spacial score (nSPS) is 13.6. The highest BCUT2D eigenvalue weighted by atomic mass is 16.5. The van der Waals surface area contributed by atoms with Gasteiger partial charge in [0.15, 0.2) is 0 Å². The SMILES string of the molecule is C=CC(/C(=C/N(C)C(C)C)N=C)=C(\C=C/C)OC. The van der Waals surface area contributed by atoms with Crippen LogP contribution in [0, 0.1) is 0 Å². The molecule has 0 aliphatic heterocycles. The van der Waals surface area contributed by atoms with Gasteiger partial charge in [0.25, 0.3) is 0 Å². The van der Waals surface area contributed by atoms with Crippen LogP contribution < -0.4 is 0 Å². The molecule has 0 saturated carbocycles. The van der Waals surface area contributed by atoms with Gasteiger partial charge in [-0.2, -0.15) is 0 Å². The number of aliphatic imine (C=N–C) groups is 1. The van der Waals surface area contributed by atoms with Gasteiger partial charge in [-0.15, -0.1) is 0 Å². The molecular formula is C15H24N2O. The van der Waals surface area contributed by atoms with Gasteiger partial charge < -0.3 is 9.64 Å². The Hall–Kier alpha value is -1.77. The van der Waals surface area contributed by atoms with E-state index in [9.17, 15) is 0 Å². The molecule has 0 amide bonds. The maximum absolute atomic E-state index is 5.34. The maximum Gasteiger partial charge on any atom is 0.127 e. The Balaban J connectivity index is 5.60. The third-order valence-corrected chi connectivity index (χ3v) is 2.59. The fourth-order valence-corrected chi connectivity index (χ4v) is 1.29. The first kappa shape index (κ1) is 16.2. The van der Waals surface area contributed by atoms with Crippen molar-refractivity contribution in [2.75, 3.05) is 14.2 Å². The highest BCUT2D eigenvalue weighted by molar-refractivity contribution is 5.47. The first-order valence-corrected chi connectivity index (χ1v) is 5.96. The Morgan fingerprint density at radius 2 is 2.00 bits per heavy atom. The van der Waals surface area contributed by atoms with Crippen LogP contribution in [0.15, 0.2) is 53.0 Å². The summed E-state index contributed by atoms with van der Waals surface area (Å²) in [7, 11) is 3.63. The van der Waals surface area contributed by atoms with Crippen LogP contribution >= 0.6 is 0 Å². The topological polar surface area (TPSA) is 24.8 Å². The molecule has 0 aromatic rings. The Kier molecular flexibility index (Phi) is 7.52. The molecule has 0 aliphatic carbocycles. The zero-order valence-electron chi connectivity index (χ0n) is 12.1. The third kappa shape index (κ3) is 4.62. The highest BCUT2D eigenvalue weighted by Gasteiger charge is 2.08. The van der Waals surface area contributed by atoms with Crippen molar-refractivity contribution in [3.8, 4) is 0 Å². The van der Waals surface area contributed by atoms with Crippen molar-refractivity contribution in [1.29, 1.82) is 0 Å². The van der Waals surface area contributed by atoms with E-state index in [2.05, 4.69) is 37.0 Å². The molecule has 0 aromatic heterocycles. The standard InChI is InChI=1S/C15H24N2O/c1-8-10-15(18-7)13(9-2)14(16-5)11-17(6)12(3)4/h8-12H,2,5H2,1,3-4,6-7H3/b10-8-,14-11-,15-13-. The predicted molar refractivity (Wildman–Crippen MR) is 79.6 cm³/mol. The van der Waals surface area contributed by atoms with E-state index in [-0.39, 0.29) is 0 Å². The van der Waals surface area contributed by atoms with Gasteiger partial charge in [-0.25, -0.2) is 0 Å². The molecule has 0 radical (unpaired) electrons. The van der Waals surface area contributed by atoms with Crippen LogP contribution in [0.2, 0.25) is 0 Å². The number of ether oxygens (including phenoxy) is 1. The molecule has 0 N–H and O–H groups in total. The van der Waals surface area contributed by atoms with Gasteiger partial charge in [-0.1, -0.05) is 18.7 Å². The Labute approximate surface area is 111 Å². The molecule has 3 nitrogen and oxygen atoms in total. The average molecular weight is 248 g/mol. The fourth-order valence-electron chi connectivity index (χ4n) is 1.29. The summed E-state index contributed by atoms with van der Waals surface area (Å²) < 4.78 is 5.34. The summed E-state index contributed by atoms with van der Waals surface area (Å²) in [4.78, 5) is 6.13. The van der Waals surface area contributed by atoms with Crippen molar-refractivity contribution >= 4 is 6.72 Å². The summed E-state index contributed by atoms with van der Waals surface area (Å²) in [6.07, 6.45) is 7.46. The lowest BCUT2D eigenvalue weighted by molar-refractivity contribution is 0.303. The van der Waals surface area contributed by atoms with E-state index in [1.165, 1.54) is 0 Å². The highest BCUT2D eigenvalue weighted by Crippen LogP contribution is 2.20. The van der Waals surface area contributed by atoms with Crippen LogP contribution in [0.25, 0.3) is 0 Å². The van der Waals surface area contributed by atoms with Gasteiger partial charge in [-0.05, 0) is 33.6 Å². The summed E-state index contributed by atoms with van der Waals surface area (Å²) in [5.41, 5.74) is 1.58. The molecule has 100 valence electrons. The van der Waals surface area contributed by atoms with E-state index in [1.54, 1.807) is 13.2 Å². The Morgan fingerprint density at radius 1 is 1.39 bits per heavy atom. The number of hydrogen-bond acceptors (Lipinski definition) is 3. The quantitative estimate of drug-likeness (QED) is 0.391. The van der Waals surface area contributed by atoms with E-state index in [4.69, 9.17) is 4.74 Å². The zero-order valence-corrected chi connectivity index (χ0v) is 12.1. The lowest BCUT2D eigenvalue weighted by Crippen LogP contribution is -2.20. The van der Waals surface area contributed by atoms with Crippen LogP contribution in [0.4, 0.5) is 0 Å². The maximum atomic E-state index is 5.34. The van der Waals surface area contributed by atoms with Crippen molar-refractivity contribution in [1.82, 2.24) is 4.90 Å². The van der Waals surface area contributed by atoms with Crippen molar-refractivity contribution in [3.05, 3.63) is 48.0 Å². The number of allylic oxidation sites excluding steroid dienone is 3. The van der Waals surface area contributed by atoms with E-state index in [1.807, 2.05) is 32.3 Å². The fraction of sp³-hybridized carbons (Fsp3) is 0.400. The second-order valence-corrected chi connectivity index (χ2v) is 4.12. The van der Waals surface area contributed by atoms with Gasteiger partial charge in [0.1, 0.15) is 5.76 Å². The van der Waals surface area contributed by atoms with Crippen LogP contribution in [0.3, 0.4) is 0 Å². The molecule has 0 aromatic carbocycles. The molecule has 0 heterocycles. The summed E-state index contributed by atoms with van der Waals surface area (Å²) >= 11 is 0. The molecule has 18 heavy (non-hydrogen) atoms. The minimum atomic E-state index is 0.389. The second-order valence-electron chi connectivity index (χ2n) is 4.12. The van der Waals surface area contributed by atoms with Gasteiger partial charge in [0.05, 0.1) is 12.8 Å². The molecule has 0 spiro atoms. The van der Waals surface area contributed by atoms with Crippen molar-refractivity contribution in [3.63, 3.8) is 0 Å². The summed E-state index contributed by atoms with van der Waals surface area (Å²) in [6, 6.07) is 0.389. The minimum Gasteiger partial charge on any atom is -0.496 e. The molecule has 0 unspecified atom stereocenters. The van der Waals surface area contributed by atoms with Crippen LogP contribution in [-0.2, 0) is 4.74 Å². The van der Waals surface area contributed by atoms with Crippen LogP contribution in [0.5, 0.6) is 0 Å². The summed E-state index contributed by atoms with van der Waals surface area (Å²) in [5.74, 6) is 0.725. The zero-order chi connectivity index (χ0) is 14.1. The van der Waals surface area contributed by atoms with Gasteiger partial charge >= 0.3 is 0 Å². The molecule has 0 rings (SSSR count).